The summed E-state index contributed by atoms with van der Waals surface area (Å²) in [5.41, 5.74) is 0. The average Bonchev–Trinajstić information content (AvgIpc) is 2.35. The third-order valence-corrected chi connectivity index (χ3v) is 4.62. The molecule has 2 atom stereocenters. The van der Waals surface area contributed by atoms with Crippen molar-refractivity contribution in [2.75, 3.05) is 31.9 Å². The van der Waals surface area contributed by atoms with E-state index in [4.69, 9.17) is 0 Å². The second-order valence-corrected chi connectivity index (χ2v) is 6.06. The lowest BCUT2D eigenvalue weighted by atomic mass is 10.1. The first kappa shape index (κ1) is 17.3. The molecule has 104 valence electrons. The van der Waals surface area contributed by atoms with Gasteiger partial charge in [0.1, 0.15) is 0 Å². The van der Waals surface area contributed by atoms with E-state index >= 15 is 0 Å². The maximum absolute atomic E-state index is 3.65. The van der Waals surface area contributed by atoms with E-state index < -0.39 is 0 Å². The van der Waals surface area contributed by atoms with Gasteiger partial charge in [-0.25, -0.2) is 0 Å². The van der Waals surface area contributed by atoms with E-state index in [-0.39, 0.29) is 0 Å². The monoisotopic (exact) mass is 260 g/mol. The van der Waals surface area contributed by atoms with Crippen molar-refractivity contribution >= 4 is 11.8 Å². The maximum atomic E-state index is 3.65. The smallest absolute Gasteiger partial charge is 0.0181 e. The SMILES string of the molecule is CCCNC(CC)C(C)SCCN(CC)CC. The fraction of sp³-hybridized carbons (Fsp3) is 1.00. The van der Waals surface area contributed by atoms with Crippen LogP contribution >= 0.6 is 11.8 Å². The summed E-state index contributed by atoms with van der Waals surface area (Å²) < 4.78 is 0. The van der Waals surface area contributed by atoms with Gasteiger partial charge in [0, 0.05) is 23.6 Å². The molecule has 0 saturated heterocycles. The van der Waals surface area contributed by atoms with Crippen LogP contribution in [0, 0.1) is 0 Å². The van der Waals surface area contributed by atoms with Gasteiger partial charge < -0.3 is 10.2 Å². The van der Waals surface area contributed by atoms with Gasteiger partial charge in [-0.1, -0.05) is 34.6 Å². The molecule has 3 heteroatoms. The Kier molecular flexibility index (Phi) is 11.5. The molecular weight excluding hydrogens is 228 g/mol. The maximum Gasteiger partial charge on any atom is 0.0181 e. The highest BCUT2D eigenvalue weighted by Crippen LogP contribution is 2.16. The van der Waals surface area contributed by atoms with Crippen LogP contribution < -0.4 is 5.32 Å². The van der Waals surface area contributed by atoms with Crippen LogP contribution in [-0.4, -0.2) is 48.1 Å². The van der Waals surface area contributed by atoms with Gasteiger partial charge in [0.25, 0.3) is 0 Å². The number of nitrogens with zero attached hydrogens (tertiary/aromatic N) is 1. The van der Waals surface area contributed by atoms with Gasteiger partial charge in [0.05, 0.1) is 0 Å². The highest BCUT2D eigenvalue weighted by atomic mass is 32.2. The van der Waals surface area contributed by atoms with E-state index in [0.29, 0.717) is 6.04 Å². The molecule has 0 aromatic carbocycles. The van der Waals surface area contributed by atoms with Crippen LogP contribution in [0.5, 0.6) is 0 Å². The Balaban J connectivity index is 3.77. The Bertz CT molecular complexity index is 160. The second-order valence-electron chi connectivity index (χ2n) is 4.57. The van der Waals surface area contributed by atoms with Gasteiger partial charge in [0.15, 0.2) is 0 Å². The molecular formula is C14H32N2S. The first-order chi connectivity index (χ1) is 8.19. The van der Waals surface area contributed by atoms with Gasteiger partial charge in [-0.05, 0) is 32.5 Å². The minimum atomic E-state index is 0.677. The quantitative estimate of drug-likeness (QED) is 0.614. The molecule has 0 saturated carbocycles. The van der Waals surface area contributed by atoms with Crippen molar-refractivity contribution in [1.29, 1.82) is 0 Å². The van der Waals surface area contributed by atoms with Crippen LogP contribution in [0.25, 0.3) is 0 Å². The molecule has 0 radical (unpaired) electrons. The Labute approximate surface area is 113 Å². The lowest BCUT2D eigenvalue weighted by Crippen LogP contribution is -2.37. The Morgan fingerprint density at radius 2 is 1.76 bits per heavy atom. The molecule has 0 aliphatic heterocycles. The van der Waals surface area contributed by atoms with Crippen molar-refractivity contribution in [2.24, 2.45) is 0 Å². The Morgan fingerprint density at radius 1 is 1.12 bits per heavy atom. The minimum absolute atomic E-state index is 0.677. The number of rotatable bonds is 11. The summed E-state index contributed by atoms with van der Waals surface area (Å²) in [5, 5.41) is 4.37. The predicted molar refractivity (Wildman–Crippen MR) is 82.1 cm³/mol. The highest BCUT2D eigenvalue weighted by molar-refractivity contribution is 7.99. The number of nitrogens with one attached hydrogen (secondary N) is 1. The molecule has 0 aromatic rings. The van der Waals surface area contributed by atoms with Crippen LogP contribution in [-0.2, 0) is 0 Å². The lowest BCUT2D eigenvalue weighted by molar-refractivity contribution is 0.323. The van der Waals surface area contributed by atoms with Gasteiger partial charge in [-0.15, -0.1) is 0 Å². The van der Waals surface area contributed by atoms with Crippen molar-refractivity contribution in [3.05, 3.63) is 0 Å². The summed E-state index contributed by atoms with van der Waals surface area (Å²) in [6.45, 7) is 16.1. The van der Waals surface area contributed by atoms with E-state index in [1.165, 1.54) is 38.2 Å². The summed E-state index contributed by atoms with van der Waals surface area (Å²) >= 11 is 2.11. The first-order valence-electron chi connectivity index (χ1n) is 7.26. The third-order valence-electron chi connectivity index (χ3n) is 3.35. The second kappa shape index (κ2) is 11.4. The fourth-order valence-electron chi connectivity index (χ4n) is 2.00. The average molecular weight is 260 g/mol. The lowest BCUT2D eigenvalue weighted by Gasteiger charge is -2.25. The van der Waals surface area contributed by atoms with E-state index in [9.17, 15) is 0 Å². The van der Waals surface area contributed by atoms with Gasteiger partial charge >= 0.3 is 0 Å². The largest absolute Gasteiger partial charge is 0.313 e. The van der Waals surface area contributed by atoms with Crippen LogP contribution in [0.15, 0.2) is 0 Å². The zero-order valence-corrected chi connectivity index (χ0v) is 13.3. The van der Waals surface area contributed by atoms with Crippen molar-refractivity contribution in [2.45, 2.75) is 58.8 Å². The minimum Gasteiger partial charge on any atom is -0.313 e. The number of thioether (sulfide) groups is 1. The molecule has 0 aromatic heterocycles. The van der Waals surface area contributed by atoms with E-state index in [2.05, 4.69) is 56.6 Å². The molecule has 0 fully saturated rings. The van der Waals surface area contributed by atoms with Crippen molar-refractivity contribution in [3.63, 3.8) is 0 Å². The van der Waals surface area contributed by atoms with Crippen LogP contribution in [0.3, 0.4) is 0 Å². The summed E-state index contributed by atoms with van der Waals surface area (Å²) in [6, 6.07) is 0.677. The molecule has 0 bridgehead atoms. The zero-order chi connectivity index (χ0) is 13.1. The molecule has 17 heavy (non-hydrogen) atoms. The van der Waals surface area contributed by atoms with Gasteiger partial charge in [0.2, 0.25) is 0 Å². The fourth-order valence-corrected chi connectivity index (χ4v) is 3.25. The highest BCUT2D eigenvalue weighted by Gasteiger charge is 2.14. The Morgan fingerprint density at radius 3 is 2.24 bits per heavy atom. The van der Waals surface area contributed by atoms with Crippen molar-refractivity contribution in [3.8, 4) is 0 Å². The molecule has 0 aliphatic carbocycles. The third kappa shape index (κ3) is 8.06. The topological polar surface area (TPSA) is 15.3 Å². The summed E-state index contributed by atoms with van der Waals surface area (Å²) in [4.78, 5) is 2.50. The van der Waals surface area contributed by atoms with Crippen molar-refractivity contribution in [1.82, 2.24) is 10.2 Å². The molecule has 0 aliphatic rings. The van der Waals surface area contributed by atoms with Crippen LogP contribution in [0.2, 0.25) is 0 Å². The van der Waals surface area contributed by atoms with Gasteiger partial charge in [-0.2, -0.15) is 11.8 Å². The van der Waals surface area contributed by atoms with Crippen LogP contribution in [0.4, 0.5) is 0 Å². The summed E-state index contributed by atoms with van der Waals surface area (Å²) in [6.07, 6.45) is 2.47. The standard InChI is InChI=1S/C14H32N2S/c1-6-10-15-14(7-2)13(5)17-12-11-16(8-3)9-4/h13-15H,6-12H2,1-5H3. The number of hydrogen-bond acceptors (Lipinski definition) is 3. The molecule has 2 unspecified atom stereocenters. The van der Waals surface area contributed by atoms with Crippen LogP contribution in [0.1, 0.15) is 47.5 Å². The molecule has 0 spiro atoms. The normalized spacial score (nSPS) is 15.2. The van der Waals surface area contributed by atoms with E-state index in [1.54, 1.807) is 0 Å². The number of hydrogen-bond donors (Lipinski definition) is 1. The summed E-state index contributed by atoms with van der Waals surface area (Å²) in [5.74, 6) is 1.26. The van der Waals surface area contributed by atoms with E-state index in [0.717, 1.165) is 11.8 Å². The summed E-state index contributed by atoms with van der Waals surface area (Å²) in [7, 11) is 0. The molecule has 0 amide bonds. The Hall–Kier alpha value is 0.270. The molecule has 0 heterocycles. The van der Waals surface area contributed by atoms with E-state index in [1.807, 2.05) is 0 Å². The predicted octanol–water partition coefficient (Wildman–Crippen LogP) is 3.23. The molecule has 1 N–H and O–H groups in total. The van der Waals surface area contributed by atoms with Gasteiger partial charge in [-0.3, -0.25) is 0 Å². The zero-order valence-electron chi connectivity index (χ0n) is 12.5. The molecule has 2 nitrogen and oxygen atoms in total. The van der Waals surface area contributed by atoms with Crippen molar-refractivity contribution < 1.29 is 0 Å². The first-order valence-corrected chi connectivity index (χ1v) is 8.31. The molecule has 0 rings (SSSR count).